The van der Waals surface area contributed by atoms with Gasteiger partial charge < -0.3 is 14.4 Å². The maximum absolute atomic E-state index is 11.8. The summed E-state index contributed by atoms with van der Waals surface area (Å²) in [5.41, 5.74) is 0.652. The molecule has 2 aliphatic rings. The average molecular weight is 209 g/mol. The summed E-state index contributed by atoms with van der Waals surface area (Å²) in [7, 11) is 1.77. The first kappa shape index (κ1) is 10.2. The van der Waals surface area contributed by atoms with E-state index in [1.165, 1.54) is 6.26 Å². The van der Waals surface area contributed by atoms with Gasteiger partial charge in [0.15, 0.2) is 0 Å². The van der Waals surface area contributed by atoms with Gasteiger partial charge in [0.1, 0.15) is 12.4 Å². The molecule has 82 valence electrons. The second-order valence-electron chi connectivity index (χ2n) is 4.25. The number of likely N-dealkylation sites (N-methyl/N-ethyl adjacent to an activating group) is 1. The van der Waals surface area contributed by atoms with Gasteiger partial charge in [-0.05, 0) is 13.3 Å². The summed E-state index contributed by atoms with van der Waals surface area (Å²) in [6, 6.07) is 0. The quantitative estimate of drug-likeness (QED) is 0.593. The lowest BCUT2D eigenvalue weighted by atomic mass is 9.78. The topological polar surface area (TPSA) is 46.6 Å². The molecule has 0 aromatic carbocycles. The molecule has 4 nitrogen and oxygen atoms in total. The fourth-order valence-electron chi connectivity index (χ4n) is 2.31. The normalized spacial score (nSPS) is 35.3. The lowest BCUT2D eigenvalue weighted by Gasteiger charge is -2.38. The van der Waals surface area contributed by atoms with E-state index in [1.54, 1.807) is 11.9 Å². The molecule has 0 radical (unpaired) electrons. The molecule has 0 bridgehead atoms. The summed E-state index contributed by atoms with van der Waals surface area (Å²) in [6.07, 6.45) is 3.19. The van der Waals surface area contributed by atoms with E-state index in [2.05, 4.69) is 0 Å². The number of aldehydes is 1. The molecule has 1 fully saturated rings. The van der Waals surface area contributed by atoms with Crippen molar-refractivity contribution >= 4 is 12.2 Å². The van der Waals surface area contributed by atoms with Crippen molar-refractivity contribution in [3.8, 4) is 0 Å². The molecule has 2 heterocycles. The van der Waals surface area contributed by atoms with Crippen LogP contribution in [0.5, 0.6) is 0 Å². The highest BCUT2D eigenvalue weighted by molar-refractivity contribution is 5.95. The lowest BCUT2D eigenvalue weighted by Crippen LogP contribution is -2.45. The molecule has 0 saturated carbocycles. The van der Waals surface area contributed by atoms with E-state index in [0.717, 1.165) is 19.3 Å². The van der Waals surface area contributed by atoms with Gasteiger partial charge in [0.2, 0.25) is 0 Å². The van der Waals surface area contributed by atoms with Gasteiger partial charge in [-0.15, -0.1) is 0 Å². The number of piperidine rings is 1. The fourth-order valence-corrected chi connectivity index (χ4v) is 2.31. The van der Waals surface area contributed by atoms with Gasteiger partial charge in [0.05, 0.1) is 17.8 Å². The van der Waals surface area contributed by atoms with Crippen LogP contribution in [0.25, 0.3) is 0 Å². The first-order chi connectivity index (χ1) is 7.15. The number of amides is 1. The fraction of sp³-hybridized carbons (Fsp3) is 0.636. The third kappa shape index (κ3) is 1.54. The standard InChI is InChI=1S/C11H15NO3/c1-7-9(5-13)8-3-4-12(2)11(14)10(8)6-15-7/h5-9H,3-4H2,1-2H3/t7-,8-,9+/m0/s1. The Morgan fingerprint density at radius 3 is 3.00 bits per heavy atom. The van der Waals surface area contributed by atoms with Gasteiger partial charge in [-0.1, -0.05) is 0 Å². The number of likely N-dealkylation sites (tertiary alicyclic amines) is 1. The largest absolute Gasteiger partial charge is 0.497 e. The Bertz CT molecular complexity index is 324. The van der Waals surface area contributed by atoms with Crippen molar-refractivity contribution in [2.45, 2.75) is 19.4 Å². The van der Waals surface area contributed by atoms with E-state index < -0.39 is 0 Å². The van der Waals surface area contributed by atoms with Gasteiger partial charge in [-0.25, -0.2) is 0 Å². The van der Waals surface area contributed by atoms with E-state index in [-0.39, 0.29) is 23.8 Å². The molecule has 0 spiro atoms. The minimum absolute atomic E-state index is 0.00926. The average Bonchev–Trinajstić information content (AvgIpc) is 2.23. The maximum atomic E-state index is 11.8. The molecular weight excluding hydrogens is 194 g/mol. The van der Waals surface area contributed by atoms with E-state index in [4.69, 9.17) is 4.74 Å². The number of nitrogens with zero attached hydrogens (tertiary/aromatic N) is 1. The molecule has 3 atom stereocenters. The van der Waals surface area contributed by atoms with E-state index >= 15 is 0 Å². The molecular formula is C11H15NO3. The van der Waals surface area contributed by atoms with Crippen LogP contribution in [0.1, 0.15) is 13.3 Å². The van der Waals surface area contributed by atoms with Crippen LogP contribution in [-0.2, 0) is 14.3 Å². The number of hydrogen-bond donors (Lipinski definition) is 0. The predicted octanol–water partition coefficient (Wildman–Crippen LogP) is 0.582. The highest BCUT2D eigenvalue weighted by atomic mass is 16.5. The number of hydrogen-bond acceptors (Lipinski definition) is 3. The third-order valence-corrected chi connectivity index (χ3v) is 3.34. The zero-order chi connectivity index (χ0) is 11.0. The number of carbonyl (C=O) groups is 2. The first-order valence-electron chi connectivity index (χ1n) is 5.21. The van der Waals surface area contributed by atoms with Crippen LogP contribution in [0.4, 0.5) is 0 Å². The number of rotatable bonds is 1. The molecule has 15 heavy (non-hydrogen) atoms. The Kier molecular flexibility index (Phi) is 2.50. The van der Waals surface area contributed by atoms with Crippen LogP contribution in [0, 0.1) is 11.8 Å². The third-order valence-electron chi connectivity index (χ3n) is 3.34. The zero-order valence-corrected chi connectivity index (χ0v) is 8.97. The molecule has 0 aromatic rings. The molecule has 0 aromatic heterocycles. The lowest BCUT2D eigenvalue weighted by molar-refractivity contribution is -0.131. The number of ether oxygens (including phenoxy) is 1. The molecule has 1 amide bonds. The van der Waals surface area contributed by atoms with Crippen molar-refractivity contribution in [1.29, 1.82) is 0 Å². The van der Waals surface area contributed by atoms with Crippen molar-refractivity contribution in [1.82, 2.24) is 4.90 Å². The van der Waals surface area contributed by atoms with Crippen LogP contribution < -0.4 is 0 Å². The monoisotopic (exact) mass is 209 g/mol. The Labute approximate surface area is 88.9 Å². The smallest absolute Gasteiger partial charge is 0.252 e. The summed E-state index contributed by atoms with van der Waals surface area (Å²) in [5.74, 6) is -0.136. The molecule has 1 saturated heterocycles. The zero-order valence-electron chi connectivity index (χ0n) is 8.97. The van der Waals surface area contributed by atoms with Gasteiger partial charge in [-0.3, -0.25) is 4.79 Å². The van der Waals surface area contributed by atoms with Crippen LogP contribution in [0.2, 0.25) is 0 Å². The van der Waals surface area contributed by atoms with Crippen LogP contribution in [0.15, 0.2) is 11.8 Å². The molecule has 2 aliphatic heterocycles. The van der Waals surface area contributed by atoms with Gasteiger partial charge >= 0.3 is 0 Å². The highest BCUT2D eigenvalue weighted by Gasteiger charge is 2.40. The first-order valence-corrected chi connectivity index (χ1v) is 5.21. The Balaban J connectivity index is 2.30. The number of carbonyl (C=O) groups excluding carboxylic acids is 2. The van der Waals surface area contributed by atoms with Gasteiger partial charge in [0.25, 0.3) is 5.91 Å². The van der Waals surface area contributed by atoms with Gasteiger partial charge in [0, 0.05) is 19.5 Å². The molecule has 4 heteroatoms. The second kappa shape index (κ2) is 3.68. The Morgan fingerprint density at radius 2 is 2.33 bits per heavy atom. The maximum Gasteiger partial charge on any atom is 0.252 e. The van der Waals surface area contributed by atoms with Crippen molar-refractivity contribution in [2.75, 3.05) is 13.6 Å². The van der Waals surface area contributed by atoms with Crippen LogP contribution >= 0.6 is 0 Å². The summed E-state index contributed by atoms with van der Waals surface area (Å²) in [5, 5.41) is 0. The summed E-state index contributed by atoms with van der Waals surface area (Å²) in [6.45, 7) is 2.59. The van der Waals surface area contributed by atoms with Crippen molar-refractivity contribution in [2.24, 2.45) is 11.8 Å². The predicted molar refractivity (Wildman–Crippen MR) is 53.9 cm³/mol. The minimum Gasteiger partial charge on any atom is -0.497 e. The van der Waals surface area contributed by atoms with Crippen molar-refractivity contribution in [3.05, 3.63) is 11.8 Å². The summed E-state index contributed by atoms with van der Waals surface area (Å²) < 4.78 is 5.33. The van der Waals surface area contributed by atoms with Crippen LogP contribution in [0.3, 0.4) is 0 Å². The van der Waals surface area contributed by atoms with E-state index in [1.807, 2.05) is 6.92 Å². The van der Waals surface area contributed by atoms with E-state index in [0.29, 0.717) is 5.57 Å². The highest BCUT2D eigenvalue weighted by Crippen LogP contribution is 2.35. The SMILES string of the molecule is C[C@@H]1OC=C2C(=O)N(C)CC[C@H]2[C@@H]1C=O. The second-order valence-corrected chi connectivity index (χ2v) is 4.25. The Morgan fingerprint density at radius 1 is 1.60 bits per heavy atom. The molecule has 2 rings (SSSR count). The van der Waals surface area contributed by atoms with Crippen LogP contribution in [-0.4, -0.2) is 36.8 Å². The van der Waals surface area contributed by atoms with Crippen molar-refractivity contribution in [3.63, 3.8) is 0 Å². The minimum atomic E-state index is -0.178. The number of fused-ring (bicyclic) bond motifs is 1. The Hall–Kier alpha value is -1.32. The molecule has 0 aliphatic carbocycles. The molecule has 0 N–H and O–H groups in total. The van der Waals surface area contributed by atoms with Gasteiger partial charge in [-0.2, -0.15) is 0 Å². The van der Waals surface area contributed by atoms with Crippen molar-refractivity contribution < 1.29 is 14.3 Å². The summed E-state index contributed by atoms with van der Waals surface area (Å²) >= 11 is 0. The summed E-state index contributed by atoms with van der Waals surface area (Å²) in [4.78, 5) is 24.4. The molecule has 0 unspecified atom stereocenters. The van der Waals surface area contributed by atoms with E-state index in [9.17, 15) is 9.59 Å².